The van der Waals surface area contributed by atoms with Gasteiger partial charge in [0.25, 0.3) is 11.8 Å². The summed E-state index contributed by atoms with van der Waals surface area (Å²) in [6.45, 7) is 3.19. The van der Waals surface area contributed by atoms with Crippen molar-refractivity contribution in [2.75, 3.05) is 6.54 Å². The van der Waals surface area contributed by atoms with E-state index in [1.807, 2.05) is 0 Å². The molecule has 0 spiro atoms. The van der Waals surface area contributed by atoms with Gasteiger partial charge in [-0.05, 0) is 36.6 Å². The highest BCUT2D eigenvalue weighted by atomic mass is 19.2. The molecule has 2 aromatic carbocycles. The number of imide groups is 1. The summed E-state index contributed by atoms with van der Waals surface area (Å²) in [5.74, 6) is -3.15. The molecule has 9 heteroatoms. The van der Waals surface area contributed by atoms with Gasteiger partial charge in [0.15, 0.2) is 11.6 Å². The van der Waals surface area contributed by atoms with Crippen LogP contribution >= 0.6 is 0 Å². The van der Waals surface area contributed by atoms with Crippen molar-refractivity contribution in [2.24, 2.45) is 0 Å². The summed E-state index contributed by atoms with van der Waals surface area (Å²) >= 11 is 0. The van der Waals surface area contributed by atoms with Crippen LogP contribution in [-0.2, 0) is 15.1 Å². The second-order valence-corrected chi connectivity index (χ2v) is 7.01. The number of urea groups is 1. The highest BCUT2D eigenvalue weighted by Gasteiger charge is 2.52. The molecule has 0 radical (unpaired) electrons. The molecule has 4 amide bonds. The Bertz CT molecular complexity index is 970. The van der Waals surface area contributed by atoms with Gasteiger partial charge < -0.3 is 10.6 Å². The molecular formula is C21H22F2N4O3. The first kappa shape index (κ1) is 21.4. The predicted octanol–water partition coefficient (Wildman–Crippen LogP) is 2.50. The lowest BCUT2D eigenvalue weighted by atomic mass is 9.87. The molecule has 1 aliphatic heterocycles. The van der Waals surface area contributed by atoms with Gasteiger partial charge in [0, 0.05) is 6.04 Å². The molecule has 0 unspecified atom stereocenters. The van der Waals surface area contributed by atoms with Crippen LogP contribution in [0.4, 0.5) is 13.6 Å². The van der Waals surface area contributed by atoms with E-state index in [1.54, 1.807) is 44.2 Å². The maximum atomic E-state index is 13.4. The predicted molar refractivity (Wildman–Crippen MR) is 105 cm³/mol. The van der Waals surface area contributed by atoms with Crippen LogP contribution in [0.3, 0.4) is 0 Å². The smallest absolute Gasteiger partial charge is 0.318 e. The fourth-order valence-corrected chi connectivity index (χ4v) is 3.35. The minimum absolute atomic E-state index is 0.248. The molecule has 1 aliphatic rings. The Hall–Kier alpha value is -3.33. The van der Waals surface area contributed by atoms with Crippen LogP contribution in [0.5, 0.6) is 0 Å². The molecule has 158 valence electrons. The maximum absolute atomic E-state index is 13.4. The third-order valence-electron chi connectivity index (χ3n) is 5.14. The van der Waals surface area contributed by atoms with Crippen LogP contribution in [0.15, 0.2) is 48.5 Å². The van der Waals surface area contributed by atoms with Crippen molar-refractivity contribution >= 4 is 17.8 Å². The van der Waals surface area contributed by atoms with E-state index in [4.69, 9.17) is 0 Å². The van der Waals surface area contributed by atoms with E-state index in [1.165, 1.54) is 6.07 Å². The first-order valence-electron chi connectivity index (χ1n) is 9.48. The number of nitrogens with zero attached hydrogens (tertiary/aromatic N) is 1. The zero-order chi connectivity index (χ0) is 21.9. The monoisotopic (exact) mass is 416 g/mol. The lowest BCUT2D eigenvalue weighted by molar-refractivity contribution is -0.139. The largest absolute Gasteiger partial charge is 0.344 e. The summed E-state index contributed by atoms with van der Waals surface area (Å²) < 4.78 is 26.4. The number of nitrogens with one attached hydrogen (secondary N) is 3. The van der Waals surface area contributed by atoms with Gasteiger partial charge in [0.1, 0.15) is 5.54 Å². The normalized spacial score (nSPS) is 19.5. The first-order chi connectivity index (χ1) is 14.3. The number of carbonyl (C=O) groups is 3. The zero-order valence-electron chi connectivity index (χ0n) is 16.5. The van der Waals surface area contributed by atoms with Crippen LogP contribution < -0.4 is 16.1 Å². The van der Waals surface area contributed by atoms with E-state index >= 15 is 0 Å². The Morgan fingerprint density at radius 3 is 2.47 bits per heavy atom. The van der Waals surface area contributed by atoms with E-state index < -0.39 is 41.1 Å². The van der Waals surface area contributed by atoms with Gasteiger partial charge in [-0.3, -0.25) is 15.0 Å². The van der Waals surface area contributed by atoms with Crippen molar-refractivity contribution in [2.45, 2.75) is 31.8 Å². The van der Waals surface area contributed by atoms with Crippen LogP contribution in [0.1, 0.15) is 37.4 Å². The molecule has 3 N–H and O–H groups in total. The van der Waals surface area contributed by atoms with Gasteiger partial charge in [-0.25, -0.2) is 13.6 Å². The van der Waals surface area contributed by atoms with Crippen LogP contribution in [0.2, 0.25) is 0 Å². The van der Waals surface area contributed by atoms with Crippen molar-refractivity contribution in [3.63, 3.8) is 0 Å². The molecule has 1 saturated heterocycles. The van der Waals surface area contributed by atoms with Crippen LogP contribution in [-0.4, -0.2) is 29.4 Å². The second kappa shape index (κ2) is 8.58. The molecule has 3 rings (SSSR count). The molecule has 0 saturated carbocycles. The summed E-state index contributed by atoms with van der Waals surface area (Å²) in [6.07, 6.45) is 0.305. The first-order valence-corrected chi connectivity index (χ1v) is 9.48. The van der Waals surface area contributed by atoms with Crippen molar-refractivity contribution in [1.29, 1.82) is 0 Å². The van der Waals surface area contributed by atoms with Crippen LogP contribution in [0.25, 0.3) is 0 Å². The molecule has 0 aliphatic carbocycles. The number of hydrogen-bond donors (Lipinski definition) is 3. The molecule has 2 atom stereocenters. The number of benzene rings is 2. The van der Waals surface area contributed by atoms with Gasteiger partial charge in [-0.15, -0.1) is 0 Å². The summed E-state index contributed by atoms with van der Waals surface area (Å²) in [4.78, 5) is 37.6. The minimum atomic E-state index is -1.25. The van der Waals surface area contributed by atoms with Crippen molar-refractivity contribution in [3.05, 3.63) is 71.3 Å². The number of rotatable bonds is 7. The van der Waals surface area contributed by atoms with Gasteiger partial charge in [0.05, 0.1) is 6.54 Å². The maximum Gasteiger partial charge on any atom is 0.344 e. The highest BCUT2D eigenvalue weighted by Crippen LogP contribution is 2.31. The third kappa shape index (κ3) is 4.02. The SMILES string of the molecule is CC[C@]1(c2ccccc2)NC(=O)N(NC(=O)CN[C@@H](C)c2ccc(F)c(F)c2)C1=O. The topological polar surface area (TPSA) is 90.5 Å². The van der Waals surface area contributed by atoms with E-state index in [0.29, 0.717) is 22.6 Å². The third-order valence-corrected chi connectivity index (χ3v) is 5.14. The fraction of sp³-hybridized carbons (Fsp3) is 0.286. The lowest BCUT2D eigenvalue weighted by Crippen LogP contribution is -2.50. The lowest BCUT2D eigenvalue weighted by Gasteiger charge is -2.25. The summed E-state index contributed by atoms with van der Waals surface area (Å²) in [7, 11) is 0. The zero-order valence-corrected chi connectivity index (χ0v) is 16.5. The number of halogens is 2. The average molecular weight is 416 g/mol. The molecule has 30 heavy (non-hydrogen) atoms. The summed E-state index contributed by atoms with van der Waals surface area (Å²) in [5, 5.41) is 6.18. The molecule has 7 nitrogen and oxygen atoms in total. The Morgan fingerprint density at radius 2 is 1.83 bits per heavy atom. The molecule has 0 bridgehead atoms. The Kier molecular flexibility index (Phi) is 6.12. The van der Waals surface area contributed by atoms with E-state index in [0.717, 1.165) is 12.1 Å². The minimum Gasteiger partial charge on any atom is -0.318 e. The van der Waals surface area contributed by atoms with Crippen molar-refractivity contribution in [1.82, 2.24) is 21.1 Å². The van der Waals surface area contributed by atoms with Gasteiger partial charge in [0.2, 0.25) is 0 Å². The Balaban J connectivity index is 1.64. The Labute approximate surface area is 172 Å². The average Bonchev–Trinajstić information content (AvgIpc) is 2.99. The van der Waals surface area contributed by atoms with E-state index in [2.05, 4.69) is 16.1 Å². The summed E-state index contributed by atoms with van der Waals surface area (Å²) in [6, 6.07) is 11.0. The summed E-state index contributed by atoms with van der Waals surface area (Å²) in [5.41, 5.74) is 2.12. The highest BCUT2D eigenvalue weighted by molar-refractivity contribution is 6.08. The van der Waals surface area contributed by atoms with E-state index in [9.17, 15) is 23.2 Å². The van der Waals surface area contributed by atoms with Crippen molar-refractivity contribution in [3.8, 4) is 0 Å². The Morgan fingerprint density at radius 1 is 1.13 bits per heavy atom. The molecular weight excluding hydrogens is 394 g/mol. The van der Waals surface area contributed by atoms with Crippen LogP contribution in [0, 0.1) is 11.6 Å². The fourth-order valence-electron chi connectivity index (χ4n) is 3.35. The quantitative estimate of drug-likeness (QED) is 0.605. The number of hydrazine groups is 1. The van der Waals surface area contributed by atoms with Gasteiger partial charge >= 0.3 is 6.03 Å². The van der Waals surface area contributed by atoms with Crippen molar-refractivity contribution < 1.29 is 23.2 Å². The number of carbonyl (C=O) groups excluding carboxylic acids is 3. The molecule has 1 fully saturated rings. The standard InChI is InChI=1S/C21H22F2N4O3/c1-3-21(15-7-5-4-6-8-15)19(29)27(20(30)25-21)26-18(28)12-24-13(2)14-9-10-16(22)17(23)11-14/h4-11,13,24H,3,12H2,1-2H3,(H,25,30)(H,26,28)/t13-,21+/m0/s1. The molecule has 2 aromatic rings. The van der Waals surface area contributed by atoms with Gasteiger partial charge in [-0.2, -0.15) is 5.01 Å². The number of hydrogen-bond acceptors (Lipinski definition) is 4. The number of amides is 4. The van der Waals surface area contributed by atoms with E-state index in [-0.39, 0.29) is 6.54 Å². The second-order valence-electron chi connectivity index (χ2n) is 7.01. The molecule has 1 heterocycles. The van der Waals surface area contributed by atoms with Gasteiger partial charge in [-0.1, -0.05) is 43.3 Å². The molecule has 0 aromatic heterocycles.